The molecule has 0 aliphatic heterocycles. The molecular weight excluding hydrogens is 320 g/mol. The van der Waals surface area contributed by atoms with Gasteiger partial charge in [0, 0.05) is 5.41 Å². The molecule has 1 aliphatic carbocycles. The predicted molar refractivity (Wildman–Crippen MR) is 104 cm³/mol. The maximum atomic E-state index is 9.78. The first kappa shape index (κ1) is 15.0. The minimum atomic E-state index is -0.329. The first-order valence-corrected chi connectivity index (χ1v) is 8.79. The first-order valence-electron chi connectivity index (χ1n) is 8.79. The van der Waals surface area contributed by atoms with Gasteiger partial charge < -0.3 is 10.2 Å². The van der Waals surface area contributed by atoms with Crippen molar-refractivity contribution in [2.45, 2.75) is 11.8 Å². The Morgan fingerprint density at radius 3 is 1.73 bits per heavy atom. The number of hydrogen-bond donors (Lipinski definition) is 2. The maximum absolute atomic E-state index is 9.78. The Balaban J connectivity index is 1.87. The zero-order valence-electron chi connectivity index (χ0n) is 14.2. The fourth-order valence-corrected chi connectivity index (χ4v) is 4.48. The maximum Gasteiger partial charge on any atom is 0.115 e. The molecule has 0 unspecified atom stereocenters. The molecule has 0 atom stereocenters. The molecule has 4 aromatic rings. The lowest BCUT2D eigenvalue weighted by Crippen LogP contribution is -2.28. The fraction of sp³-hybridized carbons (Fsp3) is 0.0833. The second-order valence-corrected chi connectivity index (χ2v) is 7.00. The van der Waals surface area contributed by atoms with Gasteiger partial charge in [-0.1, -0.05) is 60.7 Å². The molecular formula is C24H18O2. The summed E-state index contributed by atoms with van der Waals surface area (Å²) >= 11 is 0. The normalized spacial score (nSPS) is 14.6. The molecule has 0 bridgehead atoms. The average molecular weight is 338 g/mol. The summed E-state index contributed by atoms with van der Waals surface area (Å²) in [6.07, 6.45) is 0.860. The highest BCUT2D eigenvalue weighted by Crippen LogP contribution is 2.51. The van der Waals surface area contributed by atoms with Crippen LogP contribution in [0.2, 0.25) is 0 Å². The molecule has 5 rings (SSSR count). The Hall–Kier alpha value is -3.26. The SMILES string of the molecule is Oc1ccc(C2(c3ccc(O)cc3)Cc3cccc4cccc2c34)cc1. The molecule has 0 aromatic heterocycles. The summed E-state index contributed by atoms with van der Waals surface area (Å²) in [5.74, 6) is 0.534. The van der Waals surface area contributed by atoms with Crippen LogP contribution in [0.15, 0.2) is 84.9 Å². The topological polar surface area (TPSA) is 40.5 Å². The number of hydrogen-bond acceptors (Lipinski definition) is 2. The summed E-state index contributed by atoms with van der Waals surface area (Å²) < 4.78 is 0. The molecule has 0 fully saturated rings. The molecule has 1 aliphatic rings. The van der Waals surface area contributed by atoms with Crippen LogP contribution in [-0.4, -0.2) is 10.2 Å². The van der Waals surface area contributed by atoms with Crippen molar-refractivity contribution in [3.8, 4) is 11.5 Å². The third kappa shape index (κ3) is 1.99. The van der Waals surface area contributed by atoms with Crippen LogP contribution in [0.5, 0.6) is 11.5 Å². The molecule has 0 radical (unpaired) electrons. The number of aromatic hydroxyl groups is 2. The van der Waals surface area contributed by atoms with Gasteiger partial charge in [-0.25, -0.2) is 0 Å². The lowest BCUT2D eigenvalue weighted by molar-refractivity contribution is 0.474. The van der Waals surface area contributed by atoms with Crippen LogP contribution < -0.4 is 0 Å². The second-order valence-electron chi connectivity index (χ2n) is 7.00. The molecule has 0 heterocycles. The lowest BCUT2D eigenvalue weighted by atomic mass is 9.69. The summed E-state index contributed by atoms with van der Waals surface area (Å²) in [6.45, 7) is 0. The van der Waals surface area contributed by atoms with E-state index < -0.39 is 0 Å². The third-order valence-electron chi connectivity index (χ3n) is 5.63. The van der Waals surface area contributed by atoms with E-state index in [1.54, 1.807) is 24.3 Å². The zero-order valence-corrected chi connectivity index (χ0v) is 14.2. The number of phenolic OH excluding ortho intramolecular Hbond substituents is 2. The summed E-state index contributed by atoms with van der Waals surface area (Å²) in [6, 6.07) is 28.0. The molecule has 126 valence electrons. The van der Waals surface area contributed by atoms with Crippen LogP contribution in [0.25, 0.3) is 10.8 Å². The summed E-state index contributed by atoms with van der Waals surface area (Å²) in [5, 5.41) is 22.1. The molecule has 4 aromatic carbocycles. The van der Waals surface area contributed by atoms with Crippen LogP contribution >= 0.6 is 0 Å². The molecule has 2 heteroatoms. The standard InChI is InChI=1S/C24H18O2/c25-20-11-7-18(8-12-20)24(19-9-13-21(26)14-10-19)15-17-5-1-3-16-4-2-6-22(24)23(16)17/h1-14,25-26H,15H2. The number of benzene rings is 4. The van der Waals surface area contributed by atoms with Crippen molar-refractivity contribution >= 4 is 10.8 Å². The van der Waals surface area contributed by atoms with Crippen molar-refractivity contribution in [3.05, 3.63) is 107 Å². The van der Waals surface area contributed by atoms with Gasteiger partial charge in [-0.2, -0.15) is 0 Å². The number of phenols is 2. The first-order chi connectivity index (χ1) is 12.7. The van der Waals surface area contributed by atoms with E-state index in [1.165, 1.54) is 21.9 Å². The van der Waals surface area contributed by atoms with Crippen molar-refractivity contribution in [1.29, 1.82) is 0 Å². The summed E-state index contributed by atoms with van der Waals surface area (Å²) in [4.78, 5) is 0. The monoisotopic (exact) mass is 338 g/mol. The van der Waals surface area contributed by atoms with Crippen molar-refractivity contribution in [1.82, 2.24) is 0 Å². The lowest BCUT2D eigenvalue weighted by Gasteiger charge is -2.32. The number of rotatable bonds is 2. The highest BCUT2D eigenvalue weighted by Gasteiger charge is 2.42. The Kier molecular flexibility index (Phi) is 3.10. The summed E-state index contributed by atoms with van der Waals surface area (Å²) in [7, 11) is 0. The van der Waals surface area contributed by atoms with Gasteiger partial charge in [0.05, 0.1) is 0 Å². The fourth-order valence-electron chi connectivity index (χ4n) is 4.48. The van der Waals surface area contributed by atoms with Gasteiger partial charge in [-0.3, -0.25) is 0 Å². The minimum absolute atomic E-state index is 0.267. The molecule has 0 spiro atoms. The Bertz CT molecular complexity index is 1060. The van der Waals surface area contributed by atoms with Gasteiger partial charge >= 0.3 is 0 Å². The van der Waals surface area contributed by atoms with Crippen LogP contribution in [0.3, 0.4) is 0 Å². The average Bonchev–Trinajstić information content (AvgIpc) is 3.01. The van der Waals surface area contributed by atoms with Gasteiger partial charge in [-0.15, -0.1) is 0 Å². The van der Waals surface area contributed by atoms with Crippen LogP contribution in [0.4, 0.5) is 0 Å². The highest BCUT2D eigenvalue weighted by atomic mass is 16.3. The van der Waals surface area contributed by atoms with Crippen molar-refractivity contribution < 1.29 is 10.2 Å². The van der Waals surface area contributed by atoms with Gasteiger partial charge in [0.15, 0.2) is 0 Å². The van der Waals surface area contributed by atoms with Crippen molar-refractivity contribution in [2.75, 3.05) is 0 Å². The molecule has 0 saturated carbocycles. The zero-order chi connectivity index (χ0) is 17.7. The summed E-state index contributed by atoms with van der Waals surface area (Å²) in [5.41, 5.74) is 4.57. The quantitative estimate of drug-likeness (QED) is 0.531. The van der Waals surface area contributed by atoms with Crippen LogP contribution in [-0.2, 0) is 11.8 Å². The van der Waals surface area contributed by atoms with E-state index in [-0.39, 0.29) is 16.9 Å². The molecule has 0 saturated heterocycles. The molecule has 2 nitrogen and oxygen atoms in total. The molecule has 2 N–H and O–H groups in total. The molecule has 26 heavy (non-hydrogen) atoms. The largest absolute Gasteiger partial charge is 0.508 e. The van der Waals surface area contributed by atoms with Gasteiger partial charge in [-0.05, 0) is 63.7 Å². The van der Waals surface area contributed by atoms with E-state index >= 15 is 0 Å². The Morgan fingerprint density at radius 2 is 1.15 bits per heavy atom. The second kappa shape index (κ2) is 5.37. The Morgan fingerprint density at radius 1 is 0.615 bits per heavy atom. The van der Waals surface area contributed by atoms with E-state index in [4.69, 9.17) is 0 Å². The van der Waals surface area contributed by atoms with Crippen molar-refractivity contribution in [3.63, 3.8) is 0 Å². The van der Waals surface area contributed by atoms with E-state index in [9.17, 15) is 10.2 Å². The Labute approximate surface area is 152 Å². The van der Waals surface area contributed by atoms with Crippen LogP contribution in [0, 0.1) is 0 Å². The molecule has 0 amide bonds. The van der Waals surface area contributed by atoms with Crippen LogP contribution in [0.1, 0.15) is 22.3 Å². The predicted octanol–water partition coefficient (Wildman–Crippen LogP) is 5.14. The van der Waals surface area contributed by atoms with Gasteiger partial charge in [0.2, 0.25) is 0 Å². The van der Waals surface area contributed by atoms with E-state index in [0.717, 1.165) is 17.5 Å². The van der Waals surface area contributed by atoms with Gasteiger partial charge in [0.1, 0.15) is 11.5 Å². The third-order valence-corrected chi connectivity index (χ3v) is 5.63. The smallest absolute Gasteiger partial charge is 0.115 e. The van der Waals surface area contributed by atoms with E-state index in [1.807, 2.05) is 24.3 Å². The van der Waals surface area contributed by atoms with E-state index in [2.05, 4.69) is 36.4 Å². The minimum Gasteiger partial charge on any atom is -0.508 e. The van der Waals surface area contributed by atoms with Crippen molar-refractivity contribution in [2.24, 2.45) is 0 Å². The van der Waals surface area contributed by atoms with E-state index in [0.29, 0.717) is 0 Å². The highest BCUT2D eigenvalue weighted by molar-refractivity contribution is 5.94. The van der Waals surface area contributed by atoms with Gasteiger partial charge in [0.25, 0.3) is 0 Å².